The van der Waals surface area contributed by atoms with Crippen LogP contribution in [-0.2, 0) is 4.79 Å². The maximum absolute atomic E-state index is 13.3. The predicted molar refractivity (Wildman–Crippen MR) is 141 cm³/mol. The molecule has 2 aromatic carbocycles. The molecule has 0 bridgehead atoms. The lowest BCUT2D eigenvalue weighted by molar-refractivity contribution is -0.384. The number of aryl methyl sites for hydroxylation is 2. The quantitative estimate of drug-likeness (QED) is 0.338. The highest BCUT2D eigenvalue weighted by Crippen LogP contribution is 2.41. The molecule has 2 aliphatic heterocycles. The lowest BCUT2D eigenvalue weighted by Gasteiger charge is -2.39. The van der Waals surface area contributed by atoms with Crippen molar-refractivity contribution in [2.45, 2.75) is 46.5 Å². The first-order valence-electron chi connectivity index (χ1n) is 12.6. The highest BCUT2D eigenvalue weighted by molar-refractivity contribution is 5.98. The zero-order valence-corrected chi connectivity index (χ0v) is 21.3. The van der Waals surface area contributed by atoms with Gasteiger partial charge in [-0.15, -0.1) is 0 Å². The van der Waals surface area contributed by atoms with Gasteiger partial charge in [-0.2, -0.15) is 0 Å². The third-order valence-corrected chi connectivity index (χ3v) is 7.54. The standard InChI is InChI=1S/C28H34N4O4/c1-4-23(17-22-6-5-7-24(18-22)32(35)36)26(33)31-15-12-28(19-31)10-13-30(14-11-28)27(34)29-25-9-8-20(2)16-21(25)3/h5-9,16-18H,4,10-15,19H2,1-3H3,(H,29,34)/b23-17-. The van der Waals surface area contributed by atoms with Crippen molar-refractivity contribution in [3.63, 3.8) is 0 Å². The molecule has 3 amide bonds. The second-order valence-electron chi connectivity index (χ2n) is 10.1. The molecule has 2 heterocycles. The minimum Gasteiger partial charge on any atom is -0.338 e. The molecule has 36 heavy (non-hydrogen) atoms. The Labute approximate surface area is 212 Å². The third kappa shape index (κ3) is 5.58. The van der Waals surface area contributed by atoms with E-state index in [0.717, 1.165) is 36.1 Å². The maximum atomic E-state index is 13.3. The van der Waals surface area contributed by atoms with Crippen molar-refractivity contribution in [3.8, 4) is 0 Å². The molecule has 2 saturated heterocycles. The van der Waals surface area contributed by atoms with E-state index in [9.17, 15) is 19.7 Å². The molecule has 0 radical (unpaired) electrons. The molecule has 8 nitrogen and oxygen atoms in total. The highest BCUT2D eigenvalue weighted by Gasteiger charge is 2.43. The van der Waals surface area contributed by atoms with Crippen LogP contribution in [0.15, 0.2) is 48.0 Å². The molecule has 0 unspecified atom stereocenters. The zero-order chi connectivity index (χ0) is 25.9. The van der Waals surface area contributed by atoms with Crippen LogP contribution in [0.4, 0.5) is 16.2 Å². The number of nitrogens with one attached hydrogen (secondary N) is 1. The molecule has 2 aliphatic rings. The zero-order valence-electron chi connectivity index (χ0n) is 21.3. The number of nitro groups is 1. The van der Waals surface area contributed by atoms with Crippen molar-refractivity contribution in [1.29, 1.82) is 0 Å². The molecule has 0 saturated carbocycles. The normalized spacial score (nSPS) is 17.4. The van der Waals surface area contributed by atoms with Gasteiger partial charge in [-0.1, -0.05) is 36.8 Å². The van der Waals surface area contributed by atoms with Crippen LogP contribution in [0.2, 0.25) is 0 Å². The Morgan fingerprint density at radius 1 is 1.06 bits per heavy atom. The molecule has 1 spiro atoms. The van der Waals surface area contributed by atoms with Gasteiger partial charge in [0, 0.05) is 49.6 Å². The van der Waals surface area contributed by atoms with E-state index in [0.29, 0.717) is 43.7 Å². The summed E-state index contributed by atoms with van der Waals surface area (Å²) in [6, 6.07) is 12.3. The molecule has 1 N–H and O–H groups in total. The lowest BCUT2D eigenvalue weighted by atomic mass is 9.78. The summed E-state index contributed by atoms with van der Waals surface area (Å²) < 4.78 is 0. The number of anilines is 1. The van der Waals surface area contributed by atoms with Gasteiger partial charge in [-0.3, -0.25) is 14.9 Å². The number of nitro benzene ring substituents is 1. The highest BCUT2D eigenvalue weighted by atomic mass is 16.6. The number of piperidine rings is 1. The van der Waals surface area contributed by atoms with E-state index in [1.807, 2.05) is 42.7 Å². The van der Waals surface area contributed by atoms with Crippen molar-refractivity contribution in [3.05, 3.63) is 74.8 Å². The molecule has 2 fully saturated rings. The Bertz CT molecular complexity index is 1200. The topological polar surface area (TPSA) is 95.8 Å². The van der Waals surface area contributed by atoms with Gasteiger partial charge in [-0.25, -0.2) is 4.79 Å². The first-order valence-corrected chi connectivity index (χ1v) is 12.6. The Balaban J connectivity index is 1.36. The third-order valence-electron chi connectivity index (χ3n) is 7.54. The van der Waals surface area contributed by atoms with E-state index in [1.165, 1.54) is 12.1 Å². The summed E-state index contributed by atoms with van der Waals surface area (Å²) in [5.41, 5.74) is 4.41. The number of rotatable bonds is 5. The van der Waals surface area contributed by atoms with E-state index in [1.54, 1.807) is 18.2 Å². The van der Waals surface area contributed by atoms with E-state index in [-0.39, 0.29) is 23.0 Å². The molecule has 190 valence electrons. The van der Waals surface area contributed by atoms with Crippen molar-refractivity contribution in [1.82, 2.24) is 9.80 Å². The van der Waals surface area contributed by atoms with Crippen LogP contribution in [0.25, 0.3) is 6.08 Å². The number of carbonyl (C=O) groups is 2. The summed E-state index contributed by atoms with van der Waals surface area (Å²) in [4.78, 5) is 40.6. The molecular weight excluding hydrogens is 456 g/mol. The number of benzene rings is 2. The lowest BCUT2D eigenvalue weighted by Crippen LogP contribution is -2.46. The molecule has 4 rings (SSSR count). The van der Waals surface area contributed by atoms with Crippen LogP contribution >= 0.6 is 0 Å². The second kappa shape index (κ2) is 10.5. The van der Waals surface area contributed by atoms with Crippen LogP contribution in [0.1, 0.15) is 49.3 Å². The Morgan fingerprint density at radius 2 is 1.75 bits per heavy atom. The van der Waals surface area contributed by atoms with Gasteiger partial charge < -0.3 is 15.1 Å². The van der Waals surface area contributed by atoms with Gasteiger partial charge in [0.2, 0.25) is 5.91 Å². The number of likely N-dealkylation sites (tertiary alicyclic amines) is 2. The summed E-state index contributed by atoms with van der Waals surface area (Å²) in [6.07, 6.45) is 4.98. The van der Waals surface area contributed by atoms with Crippen LogP contribution in [0, 0.1) is 29.4 Å². The summed E-state index contributed by atoms with van der Waals surface area (Å²) in [7, 11) is 0. The number of amides is 3. The van der Waals surface area contributed by atoms with Gasteiger partial charge in [0.15, 0.2) is 0 Å². The summed E-state index contributed by atoms with van der Waals surface area (Å²) in [5, 5.41) is 14.1. The largest absolute Gasteiger partial charge is 0.338 e. The fourth-order valence-corrected chi connectivity index (χ4v) is 5.30. The predicted octanol–water partition coefficient (Wildman–Crippen LogP) is 5.55. The van der Waals surface area contributed by atoms with Gasteiger partial charge >= 0.3 is 6.03 Å². The molecule has 8 heteroatoms. The number of hydrogen-bond acceptors (Lipinski definition) is 4. The summed E-state index contributed by atoms with van der Waals surface area (Å²) in [6.45, 7) is 8.68. The fraction of sp³-hybridized carbons (Fsp3) is 0.429. The van der Waals surface area contributed by atoms with E-state index >= 15 is 0 Å². The van der Waals surface area contributed by atoms with Crippen molar-refractivity contribution in [2.24, 2.45) is 5.41 Å². The van der Waals surface area contributed by atoms with Crippen molar-refractivity contribution in [2.75, 3.05) is 31.5 Å². The average Bonchev–Trinajstić information content (AvgIpc) is 3.27. The number of urea groups is 1. The minimum atomic E-state index is -0.427. The Kier molecular flexibility index (Phi) is 7.43. The maximum Gasteiger partial charge on any atom is 0.321 e. The van der Waals surface area contributed by atoms with Crippen LogP contribution < -0.4 is 5.32 Å². The van der Waals surface area contributed by atoms with E-state index in [2.05, 4.69) is 11.4 Å². The second-order valence-corrected chi connectivity index (χ2v) is 10.1. The molecular formula is C28H34N4O4. The van der Waals surface area contributed by atoms with Gasteiger partial charge in [0.25, 0.3) is 5.69 Å². The van der Waals surface area contributed by atoms with Gasteiger partial charge in [0.1, 0.15) is 0 Å². The number of nitrogens with zero attached hydrogens (tertiary/aromatic N) is 3. The summed E-state index contributed by atoms with van der Waals surface area (Å²) >= 11 is 0. The average molecular weight is 491 g/mol. The molecule has 2 aromatic rings. The number of carbonyl (C=O) groups excluding carboxylic acids is 2. The minimum absolute atomic E-state index is 0.00380. The van der Waals surface area contributed by atoms with Crippen LogP contribution in [0.5, 0.6) is 0 Å². The first-order chi connectivity index (χ1) is 17.2. The Morgan fingerprint density at radius 3 is 2.39 bits per heavy atom. The van der Waals surface area contributed by atoms with Gasteiger partial charge in [-0.05, 0) is 68.2 Å². The SMILES string of the molecule is CC/C(=C/c1cccc([N+](=O)[O-])c1)C(=O)N1CCC2(CCN(C(=O)Nc3ccc(C)cc3C)CC2)C1. The van der Waals surface area contributed by atoms with Crippen LogP contribution in [-0.4, -0.2) is 52.8 Å². The monoisotopic (exact) mass is 490 g/mol. The molecule has 0 aromatic heterocycles. The first kappa shape index (κ1) is 25.4. The fourth-order valence-electron chi connectivity index (χ4n) is 5.30. The summed E-state index contributed by atoms with van der Waals surface area (Å²) in [5.74, 6) is -0.00380. The van der Waals surface area contributed by atoms with Crippen LogP contribution in [0.3, 0.4) is 0 Å². The Hall–Kier alpha value is -3.68. The number of non-ortho nitro benzene ring substituents is 1. The molecule has 0 atom stereocenters. The van der Waals surface area contributed by atoms with E-state index in [4.69, 9.17) is 0 Å². The van der Waals surface area contributed by atoms with E-state index < -0.39 is 4.92 Å². The van der Waals surface area contributed by atoms with Gasteiger partial charge in [0.05, 0.1) is 4.92 Å². The number of hydrogen-bond donors (Lipinski definition) is 1. The van der Waals surface area contributed by atoms with Crippen molar-refractivity contribution < 1.29 is 14.5 Å². The smallest absolute Gasteiger partial charge is 0.321 e. The van der Waals surface area contributed by atoms with Crippen molar-refractivity contribution >= 4 is 29.4 Å². The molecule has 0 aliphatic carbocycles.